The summed E-state index contributed by atoms with van der Waals surface area (Å²) in [6.45, 7) is 1.34. The van der Waals surface area contributed by atoms with E-state index in [1.165, 1.54) is 6.07 Å². The Balaban J connectivity index is 1.49. The minimum absolute atomic E-state index is 0.114. The van der Waals surface area contributed by atoms with Crippen LogP contribution in [0, 0.1) is 17.8 Å². The molecule has 0 aliphatic carbocycles. The molecule has 5 rings (SSSR count). The summed E-state index contributed by atoms with van der Waals surface area (Å²) < 4.78 is 7.11. The second kappa shape index (κ2) is 9.52. The maximum Gasteiger partial charge on any atom is 0.250 e. The Bertz CT molecular complexity index is 1150. The van der Waals surface area contributed by atoms with E-state index < -0.39 is 18.0 Å². The van der Waals surface area contributed by atoms with Gasteiger partial charge in [-0.25, -0.2) is 0 Å². The standard InChI is InChI=1S/C25H28ClN3O5/c26-19-5-2-1-4-16(19)12-27-24(32)23-18(14-30)17-13-28-20(6-3-7-21(28)31)22(17)29(23)25(33)15-8-10-34-11-9-15/h1-7,15,17-18,22-23,30H,8-14H2,(H,27,32)/t17-,18-,22+,23-/m0/s1. The van der Waals surface area contributed by atoms with Gasteiger partial charge in [0.2, 0.25) is 11.8 Å². The molecule has 0 saturated carbocycles. The lowest BCUT2D eigenvalue weighted by molar-refractivity contribution is -0.147. The Morgan fingerprint density at radius 2 is 1.88 bits per heavy atom. The van der Waals surface area contributed by atoms with Gasteiger partial charge in [0, 0.05) is 67.4 Å². The topological polar surface area (TPSA) is 101 Å². The van der Waals surface area contributed by atoms with Crippen molar-refractivity contribution in [3.8, 4) is 0 Å². The number of nitrogens with one attached hydrogen (secondary N) is 1. The van der Waals surface area contributed by atoms with Crippen LogP contribution in [0.1, 0.15) is 30.1 Å². The van der Waals surface area contributed by atoms with E-state index in [4.69, 9.17) is 16.3 Å². The van der Waals surface area contributed by atoms with Crippen LogP contribution < -0.4 is 10.9 Å². The van der Waals surface area contributed by atoms with Crippen molar-refractivity contribution in [2.24, 2.45) is 17.8 Å². The molecule has 4 atom stereocenters. The molecule has 0 bridgehead atoms. The van der Waals surface area contributed by atoms with Crippen LogP contribution in [0.15, 0.2) is 47.3 Å². The lowest BCUT2D eigenvalue weighted by Gasteiger charge is -2.34. The first-order valence-corrected chi connectivity index (χ1v) is 12.1. The molecule has 1 aromatic heterocycles. The highest BCUT2D eigenvalue weighted by molar-refractivity contribution is 6.31. The number of hydrogen-bond donors (Lipinski definition) is 2. The second-order valence-corrected chi connectivity index (χ2v) is 9.65. The summed E-state index contributed by atoms with van der Waals surface area (Å²) in [5, 5.41) is 13.9. The van der Waals surface area contributed by atoms with Crippen LogP contribution in [0.5, 0.6) is 0 Å². The number of benzene rings is 1. The molecule has 2 N–H and O–H groups in total. The number of aromatic nitrogens is 1. The fourth-order valence-electron chi connectivity index (χ4n) is 5.77. The molecule has 0 spiro atoms. The molecule has 2 amide bonds. The normalized spacial score (nSPS) is 26.2. The van der Waals surface area contributed by atoms with Crippen LogP contribution in [-0.2, 0) is 27.4 Å². The molecule has 1 aromatic carbocycles. The summed E-state index contributed by atoms with van der Waals surface area (Å²) in [6, 6.07) is 11.0. The summed E-state index contributed by atoms with van der Waals surface area (Å²) in [5.74, 6) is -1.40. The summed E-state index contributed by atoms with van der Waals surface area (Å²) in [5.41, 5.74) is 1.36. The highest BCUT2D eigenvalue weighted by Crippen LogP contribution is 2.50. The second-order valence-electron chi connectivity index (χ2n) is 9.24. The number of aliphatic hydroxyl groups excluding tert-OH is 1. The van der Waals surface area contributed by atoms with E-state index in [1.54, 1.807) is 21.6 Å². The van der Waals surface area contributed by atoms with Crippen LogP contribution in [0.4, 0.5) is 0 Å². The van der Waals surface area contributed by atoms with Gasteiger partial charge in [-0.2, -0.15) is 0 Å². The van der Waals surface area contributed by atoms with Gasteiger partial charge in [-0.05, 0) is 30.5 Å². The molecular formula is C25H28ClN3O5. The lowest BCUT2D eigenvalue weighted by atomic mass is 9.88. The number of amides is 2. The average Bonchev–Trinajstić information content (AvgIpc) is 3.39. The number of pyridine rings is 1. The number of carbonyl (C=O) groups is 2. The first-order valence-electron chi connectivity index (χ1n) is 11.7. The molecule has 0 unspecified atom stereocenters. The number of rotatable bonds is 5. The van der Waals surface area contributed by atoms with E-state index in [0.29, 0.717) is 37.6 Å². The number of hydrogen-bond acceptors (Lipinski definition) is 5. The number of halogens is 1. The summed E-state index contributed by atoms with van der Waals surface area (Å²) >= 11 is 6.25. The highest BCUT2D eigenvalue weighted by Gasteiger charge is 2.57. The predicted molar refractivity (Wildman–Crippen MR) is 125 cm³/mol. The van der Waals surface area contributed by atoms with Gasteiger partial charge in [0.05, 0.1) is 6.04 Å². The number of likely N-dealkylation sites (tertiary alicyclic amines) is 1. The lowest BCUT2D eigenvalue weighted by Crippen LogP contribution is -2.52. The van der Waals surface area contributed by atoms with Crippen molar-refractivity contribution in [2.45, 2.75) is 38.0 Å². The van der Waals surface area contributed by atoms with Crippen molar-refractivity contribution in [3.63, 3.8) is 0 Å². The van der Waals surface area contributed by atoms with E-state index >= 15 is 0 Å². The zero-order valence-electron chi connectivity index (χ0n) is 18.7. The maximum atomic E-state index is 13.8. The van der Waals surface area contributed by atoms with Gasteiger partial charge in [-0.3, -0.25) is 14.4 Å². The first-order chi connectivity index (χ1) is 16.5. The smallest absolute Gasteiger partial charge is 0.250 e. The van der Waals surface area contributed by atoms with Crippen molar-refractivity contribution < 1.29 is 19.4 Å². The molecule has 2 saturated heterocycles. The van der Waals surface area contributed by atoms with E-state index in [-0.39, 0.29) is 42.4 Å². The van der Waals surface area contributed by atoms with Crippen molar-refractivity contribution in [1.82, 2.24) is 14.8 Å². The Morgan fingerprint density at radius 3 is 2.62 bits per heavy atom. The molecule has 4 heterocycles. The predicted octanol–water partition coefficient (Wildman–Crippen LogP) is 1.73. The molecule has 9 heteroatoms. The molecule has 180 valence electrons. The fraction of sp³-hybridized carbons (Fsp3) is 0.480. The Morgan fingerprint density at radius 1 is 1.12 bits per heavy atom. The summed E-state index contributed by atoms with van der Waals surface area (Å²) in [6.07, 6.45) is 1.18. The van der Waals surface area contributed by atoms with Crippen molar-refractivity contribution in [3.05, 3.63) is 69.1 Å². The van der Waals surface area contributed by atoms with E-state index in [9.17, 15) is 19.5 Å². The number of fused-ring (bicyclic) bond motifs is 3. The van der Waals surface area contributed by atoms with Crippen molar-refractivity contribution in [2.75, 3.05) is 19.8 Å². The monoisotopic (exact) mass is 485 g/mol. The van der Waals surface area contributed by atoms with Gasteiger partial charge >= 0.3 is 0 Å². The minimum Gasteiger partial charge on any atom is -0.396 e. The third-order valence-corrected chi connectivity index (χ3v) is 7.82. The summed E-state index contributed by atoms with van der Waals surface area (Å²) in [7, 11) is 0. The zero-order valence-corrected chi connectivity index (χ0v) is 19.5. The van der Waals surface area contributed by atoms with Gasteiger partial charge in [-0.15, -0.1) is 0 Å². The molecule has 2 aromatic rings. The van der Waals surface area contributed by atoms with Crippen LogP contribution in [0.2, 0.25) is 5.02 Å². The van der Waals surface area contributed by atoms with Crippen molar-refractivity contribution in [1.29, 1.82) is 0 Å². The molecule has 8 nitrogen and oxygen atoms in total. The SMILES string of the molecule is O=C(NCc1ccccc1Cl)[C@@H]1[C@@H](CO)[C@@H]2Cn3c(cccc3=O)[C@@H]2N1C(=O)C1CCOCC1. The van der Waals surface area contributed by atoms with E-state index in [1.807, 2.05) is 24.3 Å². The largest absolute Gasteiger partial charge is 0.396 e. The van der Waals surface area contributed by atoms with Crippen LogP contribution >= 0.6 is 11.6 Å². The molecular weight excluding hydrogens is 458 g/mol. The average molecular weight is 486 g/mol. The quantitative estimate of drug-likeness (QED) is 0.671. The molecule has 3 aliphatic rings. The van der Waals surface area contributed by atoms with Gasteiger partial charge in [0.25, 0.3) is 5.56 Å². The number of aliphatic hydroxyl groups is 1. The van der Waals surface area contributed by atoms with Gasteiger partial charge in [0.15, 0.2) is 0 Å². The van der Waals surface area contributed by atoms with Crippen LogP contribution in [0.3, 0.4) is 0 Å². The molecule has 0 radical (unpaired) electrons. The van der Waals surface area contributed by atoms with Crippen LogP contribution in [-0.4, -0.2) is 52.3 Å². The Labute approximate surface area is 202 Å². The number of ether oxygens (including phenoxy) is 1. The fourth-order valence-corrected chi connectivity index (χ4v) is 5.97. The van der Waals surface area contributed by atoms with Crippen LogP contribution in [0.25, 0.3) is 0 Å². The van der Waals surface area contributed by atoms with Crippen molar-refractivity contribution >= 4 is 23.4 Å². The number of nitrogens with zero attached hydrogens (tertiary/aromatic N) is 2. The van der Waals surface area contributed by atoms with Gasteiger partial charge in [-0.1, -0.05) is 35.9 Å². The van der Waals surface area contributed by atoms with E-state index in [0.717, 1.165) is 11.3 Å². The zero-order chi connectivity index (χ0) is 23.8. The highest BCUT2D eigenvalue weighted by atomic mass is 35.5. The first kappa shape index (κ1) is 23.1. The number of carbonyl (C=O) groups excluding carboxylic acids is 2. The third-order valence-electron chi connectivity index (χ3n) is 7.46. The molecule has 2 fully saturated rings. The Kier molecular flexibility index (Phi) is 6.46. The maximum absolute atomic E-state index is 13.8. The van der Waals surface area contributed by atoms with Gasteiger partial charge in [0.1, 0.15) is 6.04 Å². The molecule has 34 heavy (non-hydrogen) atoms. The van der Waals surface area contributed by atoms with E-state index in [2.05, 4.69) is 5.32 Å². The minimum atomic E-state index is -0.832. The third kappa shape index (κ3) is 3.93. The summed E-state index contributed by atoms with van der Waals surface area (Å²) in [4.78, 5) is 41.6. The Hall–Kier alpha value is -2.68. The molecule has 3 aliphatic heterocycles. The van der Waals surface area contributed by atoms with Gasteiger partial charge < -0.3 is 24.6 Å².